The number of esters is 1. The summed E-state index contributed by atoms with van der Waals surface area (Å²) in [5.74, 6) is -1.35. The minimum absolute atomic E-state index is 0.0679. The van der Waals surface area contributed by atoms with E-state index in [1.165, 1.54) is 12.1 Å². The number of nitrogens with one attached hydrogen (secondary N) is 1. The quantitative estimate of drug-likeness (QED) is 0.841. The van der Waals surface area contributed by atoms with Crippen molar-refractivity contribution in [2.24, 2.45) is 0 Å². The second-order valence-corrected chi connectivity index (χ2v) is 3.29. The third kappa shape index (κ3) is 2.22. The highest BCUT2D eigenvalue weighted by molar-refractivity contribution is 6.04. The van der Waals surface area contributed by atoms with Gasteiger partial charge in [0, 0.05) is 0 Å². The van der Waals surface area contributed by atoms with E-state index in [1.807, 2.05) is 0 Å². The zero-order valence-electron chi connectivity index (χ0n) is 9.04. The number of carbonyl (C=O) groups is 1. The minimum atomic E-state index is -4.85. The van der Waals surface area contributed by atoms with Crippen LogP contribution in [0.1, 0.15) is 10.5 Å². The summed E-state index contributed by atoms with van der Waals surface area (Å²) in [7, 11) is 1.11. The largest absolute Gasteiger partial charge is 0.573 e. The van der Waals surface area contributed by atoms with E-state index in [0.717, 1.165) is 13.2 Å². The molecule has 0 aliphatic carbocycles. The molecule has 96 valence electrons. The van der Waals surface area contributed by atoms with Crippen LogP contribution in [0.5, 0.6) is 5.75 Å². The lowest BCUT2D eigenvalue weighted by atomic mass is 10.2. The molecular weight excluding hydrogens is 253 g/mol. The number of nitrogens with zero attached hydrogens (tertiary/aromatic N) is 1. The van der Waals surface area contributed by atoms with Crippen molar-refractivity contribution in [3.63, 3.8) is 0 Å². The van der Waals surface area contributed by atoms with Crippen molar-refractivity contribution in [2.45, 2.75) is 6.36 Å². The molecule has 0 aliphatic rings. The number of ether oxygens (including phenoxy) is 2. The maximum atomic E-state index is 12.2. The normalized spacial score (nSPS) is 11.6. The van der Waals surface area contributed by atoms with E-state index < -0.39 is 18.1 Å². The fraction of sp³-hybridized carbons (Fsp3) is 0.200. The average Bonchev–Trinajstić information content (AvgIpc) is 2.71. The van der Waals surface area contributed by atoms with Gasteiger partial charge in [0.05, 0.1) is 18.0 Å². The van der Waals surface area contributed by atoms with Gasteiger partial charge in [0.1, 0.15) is 5.75 Å². The molecular formula is C10H7F3N2O3. The first-order valence-electron chi connectivity index (χ1n) is 4.73. The zero-order chi connectivity index (χ0) is 13.3. The Morgan fingerprint density at radius 3 is 2.72 bits per heavy atom. The van der Waals surface area contributed by atoms with Gasteiger partial charge in [0.25, 0.3) is 0 Å². The van der Waals surface area contributed by atoms with E-state index in [2.05, 4.69) is 19.7 Å². The molecule has 2 rings (SSSR count). The van der Waals surface area contributed by atoms with Crippen molar-refractivity contribution >= 4 is 16.9 Å². The predicted octanol–water partition coefficient (Wildman–Crippen LogP) is 2.25. The molecule has 0 atom stereocenters. The first kappa shape index (κ1) is 12.2. The molecule has 0 aliphatic heterocycles. The van der Waals surface area contributed by atoms with Crippen molar-refractivity contribution in [3.8, 4) is 5.75 Å². The van der Waals surface area contributed by atoms with E-state index in [4.69, 9.17) is 0 Å². The van der Waals surface area contributed by atoms with E-state index in [-0.39, 0.29) is 16.6 Å². The summed E-state index contributed by atoms with van der Waals surface area (Å²) in [6, 6.07) is 3.92. The second kappa shape index (κ2) is 4.21. The van der Waals surface area contributed by atoms with Gasteiger partial charge in [-0.3, -0.25) is 5.10 Å². The van der Waals surface area contributed by atoms with E-state index in [0.29, 0.717) is 0 Å². The predicted molar refractivity (Wildman–Crippen MR) is 54.1 cm³/mol. The van der Waals surface area contributed by atoms with Gasteiger partial charge in [-0.1, -0.05) is 6.07 Å². The lowest BCUT2D eigenvalue weighted by molar-refractivity contribution is -0.274. The van der Waals surface area contributed by atoms with Gasteiger partial charge in [0.2, 0.25) is 0 Å². The van der Waals surface area contributed by atoms with Gasteiger partial charge in [-0.15, -0.1) is 13.2 Å². The monoisotopic (exact) mass is 260 g/mol. The molecule has 8 heteroatoms. The molecule has 0 unspecified atom stereocenters. The Labute approximate surface area is 98.5 Å². The number of halogens is 3. The van der Waals surface area contributed by atoms with Crippen LogP contribution < -0.4 is 4.74 Å². The number of benzene rings is 1. The molecule has 0 radical (unpaired) electrons. The fourth-order valence-corrected chi connectivity index (χ4v) is 1.49. The van der Waals surface area contributed by atoms with Crippen molar-refractivity contribution in [1.29, 1.82) is 0 Å². The fourth-order valence-electron chi connectivity index (χ4n) is 1.49. The molecule has 0 amide bonds. The molecule has 1 aromatic heterocycles. The maximum absolute atomic E-state index is 12.2. The summed E-state index contributed by atoms with van der Waals surface area (Å²) in [5.41, 5.74) is -0.00972. The number of aromatic nitrogens is 2. The molecule has 0 saturated heterocycles. The summed E-state index contributed by atoms with van der Waals surface area (Å²) >= 11 is 0. The molecule has 18 heavy (non-hydrogen) atoms. The SMILES string of the molecule is COC(=O)c1n[nH]c2cccc(OC(F)(F)F)c12. The second-order valence-electron chi connectivity index (χ2n) is 3.29. The molecule has 5 nitrogen and oxygen atoms in total. The van der Waals surface area contributed by atoms with Crippen molar-refractivity contribution in [1.82, 2.24) is 10.2 Å². The van der Waals surface area contributed by atoms with Gasteiger partial charge in [0.15, 0.2) is 5.69 Å². The Morgan fingerprint density at radius 1 is 1.39 bits per heavy atom. The van der Waals surface area contributed by atoms with Crippen molar-refractivity contribution in [3.05, 3.63) is 23.9 Å². The first-order chi connectivity index (χ1) is 8.42. The third-order valence-corrected chi connectivity index (χ3v) is 2.16. The van der Waals surface area contributed by atoms with Crippen LogP contribution in [-0.4, -0.2) is 29.6 Å². The lowest BCUT2D eigenvalue weighted by Crippen LogP contribution is -2.17. The molecule has 1 aromatic carbocycles. The number of aromatic amines is 1. The Hall–Kier alpha value is -2.25. The summed E-state index contributed by atoms with van der Waals surface area (Å²) in [5, 5.41) is 5.97. The zero-order valence-corrected chi connectivity index (χ0v) is 9.04. The number of alkyl halides is 3. The average molecular weight is 260 g/mol. The van der Waals surface area contributed by atoms with Crippen LogP contribution in [0.25, 0.3) is 10.9 Å². The van der Waals surface area contributed by atoms with Gasteiger partial charge in [-0.25, -0.2) is 4.79 Å². The summed E-state index contributed by atoms with van der Waals surface area (Å²) < 4.78 is 44.9. The number of H-pyrrole nitrogens is 1. The smallest absolute Gasteiger partial charge is 0.464 e. The van der Waals surface area contributed by atoms with E-state index in [1.54, 1.807) is 0 Å². The Balaban J connectivity index is 2.59. The number of hydrogen-bond acceptors (Lipinski definition) is 4. The summed E-state index contributed by atoms with van der Waals surface area (Å²) in [6.45, 7) is 0. The summed E-state index contributed by atoms with van der Waals surface area (Å²) in [6.07, 6.45) is -4.85. The van der Waals surface area contributed by atoms with Crippen molar-refractivity contribution < 1.29 is 27.4 Å². The molecule has 2 aromatic rings. The van der Waals surface area contributed by atoms with Crippen molar-refractivity contribution in [2.75, 3.05) is 7.11 Å². The highest BCUT2D eigenvalue weighted by Gasteiger charge is 2.33. The first-order valence-corrected chi connectivity index (χ1v) is 4.73. The van der Waals surface area contributed by atoms with Gasteiger partial charge >= 0.3 is 12.3 Å². The van der Waals surface area contributed by atoms with Crippen LogP contribution in [0, 0.1) is 0 Å². The van der Waals surface area contributed by atoms with Crippen LogP contribution >= 0.6 is 0 Å². The van der Waals surface area contributed by atoms with E-state index >= 15 is 0 Å². The van der Waals surface area contributed by atoms with Crippen LogP contribution in [0.15, 0.2) is 18.2 Å². The van der Waals surface area contributed by atoms with Crippen LogP contribution in [0.4, 0.5) is 13.2 Å². The lowest BCUT2D eigenvalue weighted by Gasteiger charge is -2.09. The molecule has 0 saturated carbocycles. The number of rotatable bonds is 2. The standard InChI is InChI=1S/C10H7F3N2O3/c1-17-9(16)8-7-5(14-15-8)3-2-4-6(7)18-10(11,12)13/h2-4H,1H3,(H,14,15). The molecule has 0 spiro atoms. The topological polar surface area (TPSA) is 64.2 Å². The van der Waals surface area contributed by atoms with Crippen LogP contribution in [0.3, 0.4) is 0 Å². The number of carbonyl (C=O) groups excluding carboxylic acids is 1. The number of hydrogen-bond donors (Lipinski definition) is 1. The summed E-state index contributed by atoms with van der Waals surface area (Å²) in [4.78, 5) is 11.4. The molecule has 0 bridgehead atoms. The number of methoxy groups -OCH3 is 1. The van der Waals surface area contributed by atoms with Gasteiger partial charge < -0.3 is 9.47 Å². The van der Waals surface area contributed by atoms with Gasteiger partial charge in [-0.2, -0.15) is 5.10 Å². The minimum Gasteiger partial charge on any atom is -0.464 e. The maximum Gasteiger partial charge on any atom is 0.573 e. The number of fused-ring (bicyclic) bond motifs is 1. The third-order valence-electron chi connectivity index (χ3n) is 2.16. The Morgan fingerprint density at radius 2 is 2.11 bits per heavy atom. The Kier molecular flexibility index (Phi) is 2.85. The molecule has 1 heterocycles. The molecule has 1 N–H and O–H groups in total. The van der Waals surface area contributed by atoms with E-state index in [9.17, 15) is 18.0 Å². The highest BCUT2D eigenvalue weighted by Crippen LogP contribution is 2.31. The van der Waals surface area contributed by atoms with Gasteiger partial charge in [-0.05, 0) is 12.1 Å². The Bertz CT molecular complexity index is 592. The van der Waals surface area contributed by atoms with Crippen LogP contribution in [-0.2, 0) is 4.74 Å². The molecule has 0 fully saturated rings. The van der Waals surface area contributed by atoms with Crippen LogP contribution in [0.2, 0.25) is 0 Å². The highest BCUT2D eigenvalue weighted by atomic mass is 19.4.